The third kappa shape index (κ3) is 5.95. The molecule has 1 aromatic rings. The zero-order chi connectivity index (χ0) is 21.5. The Balaban J connectivity index is 1.31. The number of hydrogen-bond acceptors (Lipinski definition) is 6. The van der Waals surface area contributed by atoms with Crippen LogP contribution in [0, 0.1) is 5.92 Å². The summed E-state index contributed by atoms with van der Waals surface area (Å²) in [5.74, 6) is -0.479. The molecule has 2 heterocycles. The maximum atomic E-state index is 12.6. The Kier molecular flexibility index (Phi) is 7.68. The summed E-state index contributed by atoms with van der Waals surface area (Å²) in [7, 11) is 0. The lowest BCUT2D eigenvalue weighted by molar-refractivity contribution is -0.144. The molecule has 30 heavy (non-hydrogen) atoms. The van der Waals surface area contributed by atoms with Crippen molar-refractivity contribution in [1.29, 1.82) is 0 Å². The highest BCUT2D eigenvalue weighted by molar-refractivity contribution is 5.92. The molecule has 2 fully saturated rings. The molecule has 8 heteroatoms. The van der Waals surface area contributed by atoms with Crippen LogP contribution in [-0.2, 0) is 23.9 Å². The van der Waals surface area contributed by atoms with Crippen LogP contribution in [0.4, 0.5) is 5.69 Å². The maximum Gasteiger partial charge on any atom is 0.338 e. The number of esters is 1. The Labute approximate surface area is 177 Å². The van der Waals surface area contributed by atoms with Crippen molar-refractivity contribution < 1.29 is 23.9 Å². The zero-order valence-corrected chi connectivity index (χ0v) is 17.7. The predicted octanol–water partition coefficient (Wildman–Crippen LogP) is 1.20. The summed E-state index contributed by atoms with van der Waals surface area (Å²) in [5.41, 5.74) is 1.19. The van der Waals surface area contributed by atoms with Gasteiger partial charge in [-0.1, -0.05) is 25.1 Å². The molecule has 2 amide bonds. The number of benzene rings is 1. The molecule has 3 atom stereocenters. The van der Waals surface area contributed by atoms with E-state index in [1.54, 1.807) is 6.92 Å². The van der Waals surface area contributed by atoms with Crippen molar-refractivity contribution >= 4 is 23.5 Å². The van der Waals surface area contributed by atoms with E-state index >= 15 is 0 Å². The molecule has 0 radical (unpaired) electrons. The third-order valence-corrected chi connectivity index (χ3v) is 5.48. The maximum absolute atomic E-state index is 12.6. The van der Waals surface area contributed by atoms with Crippen molar-refractivity contribution in [3.8, 4) is 0 Å². The Morgan fingerprint density at radius 1 is 1.13 bits per heavy atom. The van der Waals surface area contributed by atoms with E-state index in [0.717, 1.165) is 26.2 Å². The van der Waals surface area contributed by atoms with Crippen molar-refractivity contribution in [3.63, 3.8) is 0 Å². The molecule has 0 bridgehead atoms. The van der Waals surface area contributed by atoms with Gasteiger partial charge >= 0.3 is 5.97 Å². The van der Waals surface area contributed by atoms with E-state index < -0.39 is 18.2 Å². The minimum absolute atomic E-state index is 0.158. The Hall–Kier alpha value is -2.61. The van der Waals surface area contributed by atoms with Gasteiger partial charge in [-0.05, 0) is 31.4 Å². The number of epoxide rings is 1. The number of piperazine rings is 1. The molecule has 3 rings (SSSR count). The second-order valence-corrected chi connectivity index (χ2v) is 7.82. The van der Waals surface area contributed by atoms with Crippen LogP contribution in [0.3, 0.4) is 0 Å². The van der Waals surface area contributed by atoms with E-state index in [-0.39, 0.29) is 24.3 Å². The largest absolute Gasteiger partial charge is 0.464 e. The molecule has 0 aliphatic carbocycles. The van der Waals surface area contributed by atoms with Gasteiger partial charge in [0.15, 0.2) is 12.2 Å². The molecule has 0 saturated carbocycles. The van der Waals surface area contributed by atoms with Crippen molar-refractivity contribution in [1.82, 2.24) is 10.2 Å². The highest BCUT2D eigenvalue weighted by Crippen LogP contribution is 2.23. The van der Waals surface area contributed by atoms with Gasteiger partial charge in [0, 0.05) is 44.8 Å². The normalized spacial score (nSPS) is 21.7. The molecule has 0 unspecified atom stereocenters. The van der Waals surface area contributed by atoms with E-state index in [9.17, 15) is 14.4 Å². The Bertz CT molecular complexity index is 734. The summed E-state index contributed by atoms with van der Waals surface area (Å²) in [6.45, 7) is 7.56. The molecule has 1 N–H and O–H groups in total. The highest BCUT2D eigenvalue weighted by atomic mass is 16.6. The van der Waals surface area contributed by atoms with E-state index in [1.807, 2.05) is 30.0 Å². The average molecular weight is 418 g/mol. The number of nitrogens with one attached hydrogen (secondary N) is 1. The van der Waals surface area contributed by atoms with E-state index in [2.05, 4.69) is 22.3 Å². The summed E-state index contributed by atoms with van der Waals surface area (Å²) in [6.07, 6.45) is -0.370. The Morgan fingerprint density at radius 2 is 1.83 bits per heavy atom. The number of carbonyl (C=O) groups is 3. The van der Waals surface area contributed by atoms with Crippen molar-refractivity contribution in [2.45, 2.75) is 38.9 Å². The van der Waals surface area contributed by atoms with Crippen LogP contribution in [0.25, 0.3) is 0 Å². The van der Waals surface area contributed by atoms with Crippen molar-refractivity contribution in [2.24, 2.45) is 5.92 Å². The number of carbonyl (C=O) groups excluding carboxylic acids is 3. The van der Waals surface area contributed by atoms with Gasteiger partial charge in [-0.15, -0.1) is 0 Å². The van der Waals surface area contributed by atoms with E-state index in [1.165, 1.54) is 5.69 Å². The standard InChI is InChI=1S/C22H31N3O5/c1-3-29-22(28)20-19(30-20)21(27)23-10-9-16(2)15-18(26)25-13-11-24(12-14-25)17-7-5-4-6-8-17/h4-8,16,19-20H,3,9-15H2,1-2H3,(H,23,27)/t16-,19-,20-/m0/s1. The van der Waals surface area contributed by atoms with Gasteiger partial charge in [-0.2, -0.15) is 0 Å². The number of nitrogens with zero attached hydrogens (tertiary/aromatic N) is 2. The van der Waals surface area contributed by atoms with Crippen LogP contribution in [0.1, 0.15) is 26.7 Å². The minimum atomic E-state index is -0.779. The highest BCUT2D eigenvalue weighted by Gasteiger charge is 2.51. The summed E-state index contributed by atoms with van der Waals surface area (Å²) in [5, 5.41) is 2.78. The fourth-order valence-electron chi connectivity index (χ4n) is 3.64. The molecule has 2 saturated heterocycles. The first-order valence-electron chi connectivity index (χ1n) is 10.7. The Morgan fingerprint density at radius 3 is 2.50 bits per heavy atom. The molecule has 8 nitrogen and oxygen atoms in total. The smallest absolute Gasteiger partial charge is 0.338 e. The lowest BCUT2D eigenvalue weighted by atomic mass is 10.0. The molecule has 164 valence electrons. The summed E-state index contributed by atoms with van der Waals surface area (Å²) < 4.78 is 9.92. The molecule has 1 aromatic carbocycles. The fraction of sp³-hybridized carbons (Fsp3) is 0.591. The van der Waals surface area contributed by atoms with Crippen LogP contribution < -0.4 is 10.2 Å². The molecule has 0 aromatic heterocycles. The van der Waals surface area contributed by atoms with Crippen molar-refractivity contribution in [3.05, 3.63) is 30.3 Å². The van der Waals surface area contributed by atoms with Gasteiger partial charge in [0.05, 0.1) is 6.61 Å². The van der Waals surface area contributed by atoms with E-state index in [4.69, 9.17) is 9.47 Å². The van der Waals surface area contributed by atoms with Crippen LogP contribution >= 0.6 is 0 Å². The van der Waals surface area contributed by atoms with Gasteiger partial charge in [-0.3, -0.25) is 9.59 Å². The van der Waals surface area contributed by atoms with Crippen LogP contribution in [0.5, 0.6) is 0 Å². The quantitative estimate of drug-likeness (QED) is 0.480. The van der Waals surface area contributed by atoms with E-state index in [0.29, 0.717) is 19.4 Å². The first-order chi connectivity index (χ1) is 14.5. The average Bonchev–Trinajstić information content (AvgIpc) is 3.56. The molecular weight excluding hydrogens is 386 g/mol. The van der Waals surface area contributed by atoms with Gasteiger partial charge in [-0.25, -0.2) is 4.79 Å². The lowest BCUT2D eigenvalue weighted by Crippen LogP contribution is -2.49. The monoisotopic (exact) mass is 417 g/mol. The van der Waals surface area contributed by atoms with Crippen LogP contribution in [-0.4, -0.2) is 74.2 Å². The number of anilines is 1. The molecular formula is C22H31N3O5. The van der Waals surface area contributed by atoms with Gasteiger partial charge < -0.3 is 24.6 Å². The summed E-state index contributed by atoms with van der Waals surface area (Å²) in [4.78, 5) is 40.3. The SMILES string of the molecule is CCOC(=O)[C@H]1O[C@@H]1C(=O)NCC[C@H](C)CC(=O)N1CCN(c2ccccc2)CC1. The topological polar surface area (TPSA) is 91.5 Å². The number of rotatable bonds is 9. The molecule has 2 aliphatic heterocycles. The number of amides is 2. The first kappa shape index (κ1) is 22.1. The number of para-hydroxylation sites is 1. The number of hydrogen-bond donors (Lipinski definition) is 1. The first-order valence-corrected chi connectivity index (χ1v) is 10.7. The van der Waals surface area contributed by atoms with Gasteiger partial charge in [0.1, 0.15) is 0 Å². The second kappa shape index (κ2) is 10.4. The number of ether oxygens (including phenoxy) is 2. The van der Waals surface area contributed by atoms with Crippen molar-refractivity contribution in [2.75, 3.05) is 44.2 Å². The summed E-state index contributed by atoms with van der Waals surface area (Å²) in [6, 6.07) is 10.2. The molecule has 2 aliphatic rings. The third-order valence-electron chi connectivity index (χ3n) is 5.48. The van der Waals surface area contributed by atoms with Gasteiger partial charge in [0.2, 0.25) is 5.91 Å². The predicted molar refractivity (Wildman–Crippen MR) is 112 cm³/mol. The second-order valence-electron chi connectivity index (χ2n) is 7.82. The van der Waals surface area contributed by atoms with Crippen LogP contribution in [0.2, 0.25) is 0 Å². The summed E-state index contributed by atoms with van der Waals surface area (Å²) >= 11 is 0. The van der Waals surface area contributed by atoms with Gasteiger partial charge in [0.25, 0.3) is 5.91 Å². The minimum Gasteiger partial charge on any atom is -0.464 e. The fourth-order valence-corrected chi connectivity index (χ4v) is 3.64. The zero-order valence-electron chi connectivity index (χ0n) is 17.7. The lowest BCUT2D eigenvalue weighted by Gasteiger charge is -2.36. The van der Waals surface area contributed by atoms with Crippen LogP contribution in [0.15, 0.2) is 30.3 Å². The molecule has 0 spiro atoms.